The van der Waals surface area contributed by atoms with Crippen molar-refractivity contribution in [3.63, 3.8) is 0 Å². The summed E-state index contributed by atoms with van der Waals surface area (Å²) in [5, 5.41) is 13.0. The van der Waals surface area contributed by atoms with Crippen molar-refractivity contribution in [2.75, 3.05) is 25.6 Å². The lowest BCUT2D eigenvalue weighted by Gasteiger charge is -2.31. The van der Waals surface area contributed by atoms with Crippen molar-refractivity contribution in [2.45, 2.75) is 38.8 Å². The maximum atomic E-state index is 9.52. The Hall–Kier alpha value is -1.07. The van der Waals surface area contributed by atoms with Gasteiger partial charge in [-0.3, -0.25) is 0 Å². The summed E-state index contributed by atoms with van der Waals surface area (Å²) >= 11 is 0. The topological polar surface area (TPSA) is 53.3 Å². The predicted octanol–water partition coefficient (Wildman–Crippen LogP) is 1.13. The van der Waals surface area contributed by atoms with E-state index in [1.54, 1.807) is 0 Å². The van der Waals surface area contributed by atoms with Gasteiger partial charge in [-0.1, -0.05) is 13.8 Å². The summed E-state index contributed by atoms with van der Waals surface area (Å²) in [6.45, 7) is 5.08. The lowest BCUT2D eigenvalue weighted by atomic mass is 9.94. The van der Waals surface area contributed by atoms with Crippen LogP contribution in [0.5, 0.6) is 0 Å². The number of hydrogen-bond acceptors (Lipinski definition) is 4. The highest BCUT2D eigenvalue weighted by molar-refractivity contribution is 5.30. The van der Waals surface area contributed by atoms with Crippen molar-refractivity contribution in [2.24, 2.45) is 7.05 Å². The van der Waals surface area contributed by atoms with Gasteiger partial charge in [-0.25, -0.2) is 4.98 Å². The smallest absolute Gasteiger partial charge is 0.204 e. The van der Waals surface area contributed by atoms with Crippen LogP contribution in [0.3, 0.4) is 0 Å². The van der Waals surface area contributed by atoms with Crippen molar-refractivity contribution in [3.8, 4) is 0 Å². The Labute approximate surface area is 110 Å². The van der Waals surface area contributed by atoms with E-state index >= 15 is 0 Å². The minimum Gasteiger partial charge on any atom is -0.394 e. The van der Waals surface area contributed by atoms with E-state index in [-0.39, 0.29) is 12.1 Å². The highest BCUT2D eigenvalue weighted by atomic mass is 16.3. The molecule has 0 saturated carbocycles. The number of nitrogens with one attached hydrogen (secondary N) is 1. The molecular formula is C13H26N4O. The molecule has 18 heavy (non-hydrogen) atoms. The van der Waals surface area contributed by atoms with Crippen LogP contribution < -0.4 is 10.2 Å². The first-order valence-corrected chi connectivity index (χ1v) is 6.53. The zero-order chi connectivity index (χ0) is 13.8. The van der Waals surface area contributed by atoms with Crippen molar-refractivity contribution in [1.82, 2.24) is 14.9 Å². The van der Waals surface area contributed by atoms with E-state index in [0.29, 0.717) is 0 Å². The van der Waals surface area contributed by atoms with Gasteiger partial charge >= 0.3 is 0 Å². The Morgan fingerprint density at radius 3 is 2.39 bits per heavy atom. The fourth-order valence-electron chi connectivity index (χ4n) is 2.07. The maximum absolute atomic E-state index is 9.52. The lowest BCUT2D eigenvalue weighted by molar-refractivity contribution is 0.149. The Kier molecular flexibility index (Phi) is 5.16. The Morgan fingerprint density at radius 1 is 1.39 bits per heavy atom. The van der Waals surface area contributed by atoms with Crippen LogP contribution in [0, 0.1) is 0 Å². The summed E-state index contributed by atoms with van der Waals surface area (Å²) in [5.74, 6) is 0.939. The molecular weight excluding hydrogens is 228 g/mol. The van der Waals surface area contributed by atoms with Crippen molar-refractivity contribution >= 4 is 5.95 Å². The Morgan fingerprint density at radius 2 is 2.00 bits per heavy atom. The second-order valence-corrected chi connectivity index (χ2v) is 5.00. The van der Waals surface area contributed by atoms with E-state index in [1.165, 1.54) is 0 Å². The summed E-state index contributed by atoms with van der Waals surface area (Å²) < 4.78 is 2.07. The molecule has 1 aromatic rings. The number of imidazole rings is 1. The van der Waals surface area contributed by atoms with E-state index in [4.69, 9.17) is 0 Å². The van der Waals surface area contributed by atoms with Gasteiger partial charge in [0.2, 0.25) is 5.95 Å². The summed E-state index contributed by atoms with van der Waals surface area (Å²) in [7, 11) is 5.98. The Balaban J connectivity index is 2.74. The highest BCUT2D eigenvalue weighted by Gasteiger charge is 2.24. The SMILES string of the molecule is CCC(CC)(CO)NCc1cnc(N(C)C)n1C. The van der Waals surface area contributed by atoms with Gasteiger partial charge in [-0.15, -0.1) is 0 Å². The molecule has 0 radical (unpaired) electrons. The minimum absolute atomic E-state index is 0.165. The first-order chi connectivity index (χ1) is 8.49. The molecule has 0 atom stereocenters. The molecule has 5 heteroatoms. The van der Waals surface area contributed by atoms with Crippen LogP contribution in [0.25, 0.3) is 0 Å². The minimum atomic E-state index is -0.178. The normalized spacial score (nSPS) is 11.9. The molecule has 0 spiro atoms. The van der Waals surface area contributed by atoms with Crippen molar-refractivity contribution in [1.29, 1.82) is 0 Å². The molecule has 1 rings (SSSR count). The second kappa shape index (κ2) is 6.20. The molecule has 0 bridgehead atoms. The van der Waals surface area contributed by atoms with E-state index in [1.807, 2.05) is 32.2 Å². The molecule has 1 aromatic heterocycles. The zero-order valence-electron chi connectivity index (χ0n) is 12.2. The quantitative estimate of drug-likeness (QED) is 0.766. The third-order valence-corrected chi connectivity index (χ3v) is 3.76. The predicted molar refractivity (Wildman–Crippen MR) is 74.8 cm³/mol. The highest BCUT2D eigenvalue weighted by Crippen LogP contribution is 2.16. The van der Waals surface area contributed by atoms with Gasteiger partial charge in [0.15, 0.2) is 0 Å². The molecule has 0 amide bonds. The first kappa shape index (κ1) is 15.0. The van der Waals surface area contributed by atoms with Gasteiger partial charge in [0.05, 0.1) is 18.5 Å². The van der Waals surface area contributed by atoms with Crippen LogP contribution in [0.15, 0.2) is 6.20 Å². The van der Waals surface area contributed by atoms with Gasteiger partial charge in [0.1, 0.15) is 0 Å². The molecule has 0 aliphatic carbocycles. The summed E-state index contributed by atoms with van der Waals surface area (Å²) in [5.41, 5.74) is 0.946. The average Bonchev–Trinajstić information content (AvgIpc) is 2.73. The third kappa shape index (κ3) is 3.03. The van der Waals surface area contributed by atoms with E-state index in [2.05, 4.69) is 28.7 Å². The molecule has 0 saturated heterocycles. The van der Waals surface area contributed by atoms with Gasteiger partial charge in [0.25, 0.3) is 0 Å². The summed E-state index contributed by atoms with van der Waals surface area (Å²) in [6.07, 6.45) is 3.71. The van der Waals surface area contributed by atoms with Crippen LogP contribution in [-0.4, -0.2) is 40.9 Å². The van der Waals surface area contributed by atoms with Crippen LogP contribution in [0.4, 0.5) is 5.95 Å². The fourth-order valence-corrected chi connectivity index (χ4v) is 2.07. The maximum Gasteiger partial charge on any atom is 0.204 e. The lowest BCUT2D eigenvalue weighted by Crippen LogP contribution is -2.47. The number of aliphatic hydroxyl groups excluding tert-OH is 1. The van der Waals surface area contributed by atoms with Crippen LogP contribution in [-0.2, 0) is 13.6 Å². The van der Waals surface area contributed by atoms with Crippen molar-refractivity contribution in [3.05, 3.63) is 11.9 Å². The molecule has 2 N–H and O–H groups in total. The number of nitrogens with zero attached hydrogens (tertiary/aromatic N) is 3. The first-order valence-electron chi connectivity index (χ1n) is 6.53. The number of hydrogen-bond donors (Lipinski definition) is 2. The van der Waals surface area contributed by atoms with E-state index in [0.717, 1.165) is 31.0 Å². The molecule has 0 aliphatic rings. The van der Waals surface area contributed by atoms with Gasteiger partial charge in [-0.2, -0.15) is 0 Å². The van der Waals surface area contributed by atoms with Crippen LogP contribution >= 0.6 is 0 Å². The number of rotatable bonds is 7. The second-order valence-electron chi connectivity index (χ2n) is 5.00. The summed E-state index contributed by atoms with van der Waals surface area (Å²) in [4.78, 5) is 6.37. The van der Waals surface area contributed by atoms with E-state index < -0.39 is 0 Å². The molecule has 0 unspecified atom stereocenters. The monoisotopic (exact) mass is 254 g/mol. The van der Waals surface area contributed by atoms with Gasteiger partial charge in [0, 0.05) is 33.2 Å². The number of anilines is 1. The average molecular weight is 254 g/mol. The van der Waals surface area contributed by atoms with Gasteiger partial charge in [-0.05, 0) is 12.8 Å². The molecule has 5 nitrogen and oxygen atoms in total. The number of aromatic nitrogens is 2. The Bertz CT molecular complexity index is 361. The molecule has 0 aliphatic heterocycles. The van der Waals surface area contributed by atoms with Crippen molar-refractivity contribution < 1.29 is 5.11 Å². The fraction of sp³-hybridized carbons (Fsp3) is 0.769. The molecule has 0 aromatic carbocycles. The third-order valence-electron chi connectivity index (χ3n) is 3.76. The standard InChI is InChI=1S/C13H26N4O/c1-6-13(7-2,10-18)15-9-11-8-14-12(16(3)4)17(11)5/h8,15,18H,6-7,9-10H2,1-5H3. The van der Waals surface area contributed by atoms with Crippen LogP contribution in [0.1, 0.15) is 32.4 Å². The largest absolute Gasteiger partial charge is 0.394 e. The molecule has 0 fully saturated rings. The van der Waals surface area contributed by atoms with Gasteiger partial charge < -0.3 is 19.9 Å². The zero-order valence-corrected chi connectivity index (χ0v) is 12.2. The number of aliphatic hydroxyl groups is 1. The van der Waals surface area contributed by atoms with Crippen LogP contribution in [0.2, 0.25) is 0 Å². The summed E-state index contributed by atoms with van der Waals surface area (Å²) in [6, 6.07) is 0. The molecule has 1 heterocycles. The van der Waals surface area contributed by atoms with E-state index in [9.17, 15) is 5.11 Å². The molecule has 104 valence electrons.